The molecule has 2 aliphatic carbocycles. The molecule has 0 radical (unpaired) electrons. The summed E-state index contributed by atoms with van der Waals surface area (Å²) in [5, 5.41) is 23.7. The van der Waals surface area contributed by atoms with E-state index in [9.17, 15) is 10.2 Å². The lowest BCUT2D eigenvalue weighted by molar-refractivity contribution is -0.0761. The van der Waals surface area contributed by atoms with Crippen LogP contribution in [0.2, 0.25) is 0 Å². The Labute approximate surface area is 311 Å². The zero-order valence-corrected chi connectivity index (χ0v) is 31.8. The normalized spacial score (nSPS) is 25.5. The minimum absolute atomic E-state index is 0.00500. The number of hydrogen-bond acceptors (Lipinski definition) is 8. The Morgan fingerprint density at radius 2 is 1.76 bits per heavy atom. The predicted octanol–water partition coefficient (Wildman–Crippen LogP) is 6.38. The molecule has 8 atom stereocenters. The van der Waals surface area contributed by atoms with Crippen LogP contribution in [0.4, 0.5) is 0 Å². The Hall–Kier alpha value is -3.31. The summed E-state index contributed by atoms with van der Waals surface area (Å²) < 4.78 is 12.9. The molecule has 3 heterocycles. The molecule has 9 heteroatoms. The van der Waals surface area contributed by atoms with Crippen molar-refractivity contribution in [2.75, 3.05) is 34.3 Å². The highest BCUT2D eigenvalue weighted by atomic mass is 79.9. The Bertz CT molecular complexity index is 1710. The van der Waals surface area contributed by atoms with E-state index in [1.807, 2.05) is 48.7 Å². The van der Waals surface area contributed by atoms with Gasteiger partial charge >= 0.3 is 0 Å². The van der Waals surface area contributed by atoms with Gasteiger partial charge in [0.2, 0.25) is 0 Å². The average molecular weight is 758 g/mol. The number of halogens is 1. The van der Waals surface area contributed by atoms with Gasteiger partial charge in [0.15, 0.2) is 11.5 Å². The Morgan fingerprint density at radius 3 is 2.43 bits per heavy atom. The van der Waals surface area contributed by atoms with Gasteiger partial charge in [0.1, 0.15) is 6.10 Å². The number of piperidine rings is 1. The number of rotatable bonds is 8. The van der Waals surface area contributed by atoms with Crippen LogP contribution in [0.25, 0.3) is 0 Å². The van der Waals surface area contributed by atoms with E-state index >= 15 is 0 Å². The predicted molar refractivity (Wildman–Crippen MR) is 206 cm³/mol. The van der Waals surface area contributed by atoms with E-state index in [1.54, 1.807) is 14.0 Å². The number of aromatic nitrogens is 1. The highest BCUT2D eigenvalue weighted by Gasteiger charge is 2.64. The van der Waals surface area contributed by atoms with E-state index < -0.39 is 6.10 Å². The molecule has 1 saturated carbocycles. The number of methoxy groups -OCH3 is 1. The highest BCUT2D eigenvalue weighted by Crippen LogP contribution is 2.62. The number of pyridine rings is 1. The summed E-state index contributed by atoms with van der Waals surface area (Å²) in [7, 11) is 5.91. The molecule has 2 aliphatic heterocycles. The van der Waals surface area contributed by atoms with Crippen molar-refractivity contribution in [1.29, 1.82) is 0 Å². The molecule has 1 aromatic heterocycles. The lowest BCUT2D eigenvalue weighted by Crippen LogP contribution is -2.66. The number of ether oxygens (including phenoxy) is 2. The third kappa shape index (κ3) is 7.89. The minimum atomic E-state index is -0.545. The van der Waals surface area contributed by atoms with Gasteiger partial charge in [-0.2, -0.15) is 0 Å². The fourth-order valence-electron chi connectivity index (χ4n) is 8.69. The molecular formula is C42H53BrN4O4. The summed E-state index contributed by atoms with van der Waals surface area (Å²) in [6, 6.07) is 28.7. The van der Waals surface area contributed by atoms with Crippen molar-refractivity contribution >= 4 is 15.9 Å². The Morgan fingerprint density at radius 1 is 1.02 bits per heavy atom. The highest BCUT2D eigenvalue weighted by molar-refractivity contribution is 9.10. The fraction of sp³-hybridized carbons (Fsp3) is 0.452. The number of nitrogens with two attached hydrogens (primary N) is 1. The number of nitrogens with zero attached hydrogens (tertiary/aromatic N) is 2. The lowest BCUT2D eigenvalue weighted by atomic mass is 9.52. The fourth-order valence-corrected chi connectivity index (χ4v) is 8.95. The van der Waals surface area contributed by atoms with Crippen molar-refractivity contribution in [3.8, 4) is 11.5 Å². The number of hydrogen-bond donors (Lipinski definition) is 4. The lowest BCUT2D eigenvalue weighted by Gasteiger charge is -2.56. The first-order valence-electron chi connectivity index (χ1n) is 18.2. The molecule has 4 aromatic rings. The second kappa shape index (κ2) is 16.6. The molecule has 272 valence electrons. The minimum Gasteiger partial charge on any atom is -0.493 e. The Kier molecular flexibility index (Phi) is 12.2. The average Bonchev–Trinajstić information content (AvgIpc) is 3.49. The first-order valence-corrected chi connectivity index (χ1v) is 19.0. The largest absolute Gasteiger partial charge is 0.493 e. The van der Waals surface area contributed by atoms with Crippen LogP contribution in [0.5, 0.6) is 11.5 Å². The molecule has 5 N–H and O–H groups in total. The van der Waals surface area contributed by atoms with Gasteiger partial charge in [-0.3, -0.25) is 4.98 Å². The van der Waals surface area contributed by atoms with Gasteiger partial charge in [-0.05, 0) is 119 Å². The SMILES string of the molecule is CN(C)CCC(c1ccc(Br)cc1)c1ccccn1.COc1ccc2c3c1O[C@H]1[C@@H](O)CC[C@H]4[C@@H](C2)NCC[C@@]341.C[C@H](N)[C@H](O)c1ccccc1. The maximum atomic E-state index is 10.6. The van der Waals surface area contributed by atoms with Crippen molar-refractivity contribution < 1.29 is 19.7 Å². The van der Waals surface area contributed by atoms with Crippen molar-refractivity contribution in [3.05, 3.63) is 124 Å². The summed E-state index contributed by atoms with van der Waals surface area (Å²) in [4.78, 5) is 6.74. The summed E-state index contributed by atoms with van der Waals surface area (Å²) in [6.45, 7) is 3.86. The number of benzene rings is 3. The smallest absolute Gasteiger partial charge is 0.165 e. The maximum Gasteiger partial charge on any atom is 0.165 e. The third-order valence-electron chi connectivity index (χ3n) is 11.1. The second-order valence-corrected chi connectivity index (χ2v) is 15.6. The van der Waals surface area contributed by atoms with Crippen LogP contribution in [0, 0.1) is 5.92 Å². The monoisotopic (exact) mass is 756 g/mol. The molecule has 4 aliphatic rings. The summed E-state index contributed by atoms with van der Waals surface area (Å²) in [6.07, 6.45) is 6.03. The van der Waals surface area contributed by atoms with E-state index in [0.29, 0.717) is 17.9 Å². The van der Waals surface area contributed by atoms with E-state index in [-0.39, 0.29) is 23.7 Å². The molecule has 51 heavy (non-hydrogen) atoms. The number of aliphatic hydroxyl groups is 2. The van der Waals surface area contributed by atoms with E-state index in [2.05, 4.69) is 87.7 Å². The van der Waals surface area contributed by atoms with Crippen molar-refractivity contribution in [3.63, 3.8) is 0 Å². The summed E-state index contributed by atoms with van der Waals surface area (Å²) in [5.41, 5.74) is 11.6. The van der Waals surface area contributed by atoms with Gasteiger partial charge in [-0.1, -0.05) is 70.5 Å². The van der Waals surface area contributed by atoms with Crippen LogP contribution >= 0.6 is 15.9 Å². The number of aliphatic hydroxyl groups excluding tert-OH is 2. The molecule has 3 aromatic carbocycles. The van der Waals surface area contributed by atoms with Crippen LogP contribution < -0.4 is 20.5 Å². The second-order valence-electron chi connectivity index (χ2n) is 14.6. The molecule has 2 bridgehead atoms. The van der Waals surface area contributed by atoms with Crippen LogP contribution in [0.15, 0.2) is 95.6 Å². The van der Waals surface area contributed by atoms with Gasteiger partial charge in [-0.25, -0.2) is 0 Å². The zero-order chi connectivity index (χ0) is 36.1. The summed E-state index contributed by atoms with van der Waals surface area (Å²) in [5.74, 6) is 2.67. The molecule has 8 rings (SSSR count). The topological polar surface area (TPSA) is 113 Å². The van der Waals surface area contributed by atoms with Crippen LogP contribution in [-0.2, 0) is 11.8 Å². The number of nitrogens with one attached hydrogen (secondary N) is 1. The maximum absolute atomic E-state index is 10.6. The van der Waals surface area contributed by atoms with Gasteiger partial charge in [-0.15, -0.1) is 0 Å². The molecule has 1 unspecified atom stereocenters. The summed E-state index contributed by atoms with van der Waals surface area (Å²) >= 11 is 3.49. The van der Waals surface area contributed by atoms with Gasteiger partial charge < -0.3 is 35.6 Å². The molecule has 8 nitrogen and oxygen atoms in total. The van der Waals surface area contributed by atoms with Crippen LogP contribution in [-0.4, -0.2) is 78.7 Å². The van der Waals surface area contributed by atoms with Crippen molar-refractivity contribution in [2.24, 2.45) is 11.7 Å². The molecule has 1 saturated heterocycles. The van der Waals surface area contributed by atoms with Gasteiger partial charge in [0.25, 0.3) is 0 Å². The van der Waals surface area contributed by atoms with Crippen molar-refractivity contribution in [2.45, 2.75) is 80.8 Å². The first-order chi connectivity index (χ1) is 24.6. The quantitative estimate of drug-likeness (QED) is 0.164. The van der Waals surface area contributed by atoms with Gasteiger partial charge in [0, 0.05) is 45.3 Å². The first kappa shape index (κ1) is 37.4. The molecule has 1 spiro atoms. The van der Waals surface area contributed by atoms with Crippen molar-refractivity contribution in [1.82, 2.24) is 15.2 Å². The van der Waals surface area contributed by atoms with E-state index in [0.717, 1.165) is 72.4 Å². The van der Waals surface area contributed by atoms with E-state index in [1.165, 1.54) is 16.7 Å². The van der Waals surface area contributed by atoms with Crippen LogP contribution in [0.1, 0.15) is 72.6 Å². The standard InChI is InChI=1S/C17H21NO3.C16H19BrN2.C9H13NO/c1-20-13-5-2-9-8-11-10-3-4-12(19)16-17(10,6-7-18-11)14(9)15(13)21-16;1-19(2)12-10-15(16-5-3-4-11-18-16)13-6-8-14(17)9-7-13;1-7(10)9(11)8-5-3-2-4-6-8/h2,5,10-12,16,18-19H,3-4,6-8H2,1H3;3-9,11,15H,10,12H2,1-2H3;2-7,9,11H,10H2,1H3/t10-,11+,12-,16-,17-;;7-,9-/m0.0/s1. The van der Waals surface area contributed by atoms with Gasteiger partial charge in [0.05, 0.1) is 19.3 Å². The Balaban J connectivity index is 0.000000139. The zero-order valence-electron chi connectivity index (χ0n) is 30.2. The molecule has 0 amide bonds. The molecule has 2 fully saturated rings. The molecular weight excluding hydrogens is 704 g/mol. The van der Waals surface area contributed by atoms with Crippen LogP contribution in [0.3, 0.4) is 0 Å². The third-order valence-corrected chi connectivity index (χ3v) is 11.7. The van der Waals surface area contributed by atoms with E-state index in [4.69, 9.17) is 15.2 Å².